The highest BCUT2D eigenvalue weighted by Crippen LogP contribution is 2.22. The average molecular weight is 268 g/mol. The van der Waals surface area contributed by atoms with Gasteiger partial charge in [-0.25, -0.2) is 0 Å². The summed E-state index contributed by atoms with van der Waals surface area (Å²) in [5.41, 5.74) is 0. The second-order valence-electron chi connectivity index (χ2n) is 5.99. The van der Waals surface area contributed by atoms with E-state index >= 15 is 0 Å². The predicted octanol–water partition coefficient (Wildman–Crippen LogP) is 1.79. The molecule has 2 rings (SSSR count). The molecule has 2 heterocycles. The number of hydrogen-bond donors (Lipinski definition) is 1. The molecule has 2 aliphatic heterocycles. The van der Waals surface area contributed by atoms with E-state index in [0.29, 0.717) is 12.0 Å². The van der Waals surface area contributed by atoms with Crippen LogP contribution in [0.5, 0.6) is 0 Å². The Labute approximate surface area is 116 Å². The van der Waals surface area contributed by atoms with Crippen molar-refractivity contribution in [2.45, 2.75) is 58.1 Å². The Balaban J connectivity index is 1.92. The molecule has 1 N–H and O–H groups in total. The summed E-state index contributed by atoms with van der Waals surface area (Å²) in [7, 11) is 0. The van der Waals surface area contributed by atoms with Crippen molar-refractivity contribution in [3.05, 3.63) is 0 Å². The molecule has 0 aromatic rings. The van der Waals surface area contributed by atoms with Crippen LogP contribution in [0.1, 0.15) is 46.0 Å². The lowest BCUT2D eigenvalue weighted by Gasteiger charge is -2.29. The van der Waals surface area contributed by atoms with E-state index in [1.54, 1.807) is 0 Å². The summed E-state index contributed by atoms with van der Waals surface area (Å²) in [6, 6.07) is 0.484. The van der Waals surface area contributed by atoms with Gasteiger partial charge in [0.05, 0.1) is 0 Å². The quantitative estimate of drug-likeness (QED) is 0.798. The molecule has 4 nitrogen and oxygen atoms in total. The number of carbonyl (C=O) groups excluding carboxylic acids is 1. The van der Waals surface area contributed by atoms with Crippen LogP contribution in [0.2, 0.25) is 0 Å². The fourth-order valence-corrected chi connectivity index (χ4v) is 3.01. The van der Waals surface area contributed by atoms with Crippen LogP contribution >= 0.6 is 0 Å². The van der Waals surface area contributed by atoms with E-state index < -0.39 is 0 Å². The number of ether oxygens (including phenoxy) is 1. The van der Waals surface area contributed by atoms with Gasteiger partial charge in [-0.3, -0.25) is 4.79 Å². The van der Waals surface area contributed by atoms with Crippen LogP contribution < -0.4 is 5.32 Å². The van der Waals surface area contributed by atoms with Crippen molar-refractivity contribution in [2.24, 2.45) is 5.92 Å². The highest BCUT2D eigenvalue weighted by atomic mass is 16.5. The lowest BCUT2D eigenvalue weighted by atomic mass is 10.0. The lowest BCUT2D eigenvalue weighted by molar-refractivity contribution is -0.142. The first kappa shape index (κ1) is 14.8. The summed E-state index contributed by atoms with van der Waals surface area (Å²) >= 11 is 0. The summed E-state index contributed by atoms with van der Waals surface area (Å²) in [5.74, 6) is 0.584. The molecule has 3 unspecified atom stereocenters. The van der Waals surface area contributed by atoms with Crippen molar-refractivity contribution in [3.8, 4) is 0 Å². The molecule has 0 aliphatic carbocycles. The van der Waals surface area contributed by atoms with Crippen LogP contribution in [0.25, 0.3) is 0 Å². The van der Waals surface area contributed by atoms with E-state index in [9.17, 15) is 4.79 Å². The highest BCUT2D eigenvalue weighted by Gasteiger charge is 2.34. The maximum atomic E-state index is 12.6. The number of hydrogen-bond acceptors (Lipinski definition) is 3. The van der Waals surface area contributed by atoms with Gasteiger partial charge in [-0.05, 0) is 38.1 Å². The maximum Gasteiger partial charge on any atom is 0.252 e. The molecule has 0 saturated carbocycles. The second kappa shape index (κ2) is 7.25. The van der Waals surface area contributed by atoms with Crippen LogP contribution in [-0.2, 0) is 9.53 Å². The lowest BCUT2D eigenvalue weighted by Crippen LogP contribution is -2.47. The zero-order valence-electron chi connectivity index (χ0n) is 12.4. The summed E-state index contributed by atoms with van der Waals surface area (Å²) in [6.45, 7) is 7.86. The summed E-state index contributed by atoms with van der Waals surface area (Å²) in [5, 5.41) is 3.49. The zero-order valence-corrected chi connectivity index (χ0v) is 12.4. The monoisotopic (exact) mass is 268 g/mol. The van der Waals surface area contributed by atoms with Gasteiger partial charge in [0.2, 0.25) is 0 Å². The van der Waals surface area contributed by atoms with Gasteiger partial charge in [0, 0.05) is 25.7 Å². The molecule has 4 heteroatoms. The molecule has 2 fully saturated rings. The number of carbonyl (C=O) groups is 1. The van der Waals surface area contributed by atoms with E-state index in [4.69, 9.17) is 4.74 Å². The molecule has 19 heavy (non-hydrogen) atoms. The van der Waals surface area contributed by atoms with Gasteiger partial charge < -0.3 is 15.0 Å². The van der Waals surface area contributed by atoms with Crippen molar-refractivity contribution in [1.29, 1.82) is 0 Å². The molecule has 1 amide bonds. The van der Waals surface area contributed by atoms with Gasteiger partial charge in [0.15, 0.2) is 0 Å². The fourth-order valence-electron chi connectivity index (χ4n) is 3.01. The molecule has 0 aromatic heterocycles. The molecule has 0 radical (unpaired) electrons. The SMILES string of the molecule is CCCCN(CC1CCCN1)C(=O)C1OCCC1C. The van der Waals surface area contributed by atoms with Crippen LogP contribution in [0.3, 0.4) is 0 Å². The van der Waals surface area contributed by atoms with E-state index in [-0.39, 0.29) is 12.0 Å². The minimum absolute atomic E-state index is 0.196. The summed E-state index contributed by atoms with van der Waals surface area (Å²) in [4.78, 5) is 14.7. The third-order valence-electron chi connectivity index (χ3n) is 4.33. The Kier molecular flexibility index (Phi) is 5.64. The van der Waals surface area contributed by atoms with Crippen LogP contribution in [0.15, 0.2) is 0 Å². The van der Waals surface area contributed by atoms with Gasteiger partial charge in [-0.1, -0.05) is 20.3 Å². The van der Waals surface area contributed by atoms with E-state index in [2.05, 4.69) is 19.2 Å². The van der Waals surface area contributed by atoms with E-state index in [1.165, 1.54) is 12.8 Å². The largest absolute Gasteiger partial charge is 0.368 e. The van der Waals surface area contributed by atoms with Crippen molar-refractivity contribution < 1.29 is 9.53 Å². The molecule has 0 bridgehead atoms. The normalized spacial score (nSPS) is 30.7. The number of unbranched alkanes of at least 4 members (excludes halogenated alkanes) is 1. The minimum Gasteiger partial charge on any atom is -0.368 e. The number of amides is 1. The van der Waals surface area contributed by atoms with Crippen molar-refractivity contribution in [2.75, 3.05) is 26.2 Å². The average Bonchev–Trinajstić information content (AvgIpc) is 3.05. The summed E-state index contributed by atoms with van der Waals surface area (Å²) < 4.78 is 5.64. The second-order valence-corrected chi connectivity index (χ2v) is 5.99. The van der Waals surface area contributed by atoms with Crippen molar-refractivity contribution in [3.63, 3.8) is 0 Å². The molecule has 3 atom stereocenters. The Morgan fingerprint density at radius 1 is 1.42 bits per heavy atom. The Morgan fingerprint density at radius 3 is 2.84 bits per heavy atom. The van der Waals surface area contributed by atoms with Gasteiger partial charge in [0.1, 0.15) is 6.10 Å². The highest BCUT2D eigenvalue weighted by molar-refractivity contribution is 5.81. The van der Waals surface area contributed by atoms with Crippen molar-refractivity contribution >= 4 is 5.91 Å². The standard InChI is InChI=1S/C15H28N2O2/c1-3-4-9-17(11-13-6-5-8-16-13)15(18)14-12(2)7-10-19-14/h12-14,16H,3-11H2,1-2H3. The topological polar surface area (TPSA) is 41.6 Å². The van der Waals surface area contributed by atoms with Crippen LogP contribution in [0.4, 0.5) is 0 Å². The molecule has 0 aromatic carbocycles. The third kappa shape index (κ3) is 3.93. The predicted molar refractivity (Wildman–Crippen MR) is 76.0 cm³/mol. The number of nitrogens with zero attached hydrogens (tertiary/aromatic N) is 1. The Bertz CT molecular complexity index is 290. The van der Waals surface area contributed by atoms with Gasteiger partial charge in [0.25, 0.3) is 5.91 Å². The smallest absolute Gasteiger partial charge is 0.252 e. The van der Waals surface area contributed by atoms with E-state index in [0.717, 1.165) is 45.5 Å². The molecular formula is C15H28N2O2. The maximum absolute atomic E-state index is 12.6. The first-order valence-electron chi connectivity index (χ1n) is 7.86. The number of nitrogens with one attached hydrogen (secondary N) is 1. The van der Waals surface area contributed by atoms with Gasteiger partial charge >= 0.3 is 0 Å². The third-order valence-corrected chi connectivity index (χ3v) is 4.33. The van der Waals surface area contributed by atoms with Gasteiger partial charge in [-0.15, -0.1) is 0 Å². The molecule has 2 aliphatic rings. The minimum atomic E-state index is -0.196. The van der Waals surface area contributed by atoms with Crippen LogP contribution in [0, 0.1) is 5.92 Å². The Morgan fingerprint density at radius 2 is 2.26 bits per heavy atom. The molecule has 2 saturated heterocycles. The number of rotatable bonds is 6. The first-order valence-corrected chi connectivity index (χ1v) is 7.86. The molecule has 0 spiro atoms. The summed E-state index contributed by atoms with van der Waals surface area (Å²) in [6.07, 6.45) is 5.45. The van der Waals surface area contributed by atoms with Crippen LogP contribution in [-0.4, -0.2) is 49.2 Å². The fraction of sp³-hybridized carbons (Fsp3) is 0.933. The van der Waals surface area contributed by atoms with E-state index in [1.807, 2.05) is 4.90 Å². The zero-order chi connectivity index (χ0) is 13.7. The first-order chi connectivity index (χ1) is 9.22. The van der Waals surface area contributed by atoms with Gasteiger partial charge in [-0.2, -0.15) is 0 Å². The molecular weight excluding hydrogens is 240 g/mol. The van der Waals surface area contributed by atoms with Crippen molar-refractivity contribution in [1.82, 2.24) is 10.2 Å². The Hall–Kier alpha value is -0.610. The molecule has 110 valence electrons.